The van der Waals surface area contributed by atoms with Crippen molar-refractivity contribution < 1.29 is 4.79 Å². The number of hydrogen-bond donors (Lipinski definition) is 1. The molecule has 3 aromatic rings. The first-order valence-electron chi connectivity index (χ1n) is 11.6. The van der Waals surface area contributed by atoms with E-state index in [0.717, 1.165) is 47.8 Å². The molecule has 2 aromatic carbocycles. The van der Waals surface area contributed by atoms with Gasteiger partial charge in [0, 0.05) is 51.4 Å². The Morgan fingerprint density at radius 1 is 1.12 bits per heavy atom. The predicted octanol–water partition coefficient (Wildman–Crippen LogP) is 4.21. The molecule has 34 heavy (non-hydrogen) atoms. The van der Waals surface area contributed by atoms with Crippen LogP contribution in [0.5, 0.6) is 0 Å². The Bertz CT molecular complexity index is 1100. The summed E-state index contributed by atoms with van der Waals surface area (Å²) >= 11 is 0. The molecule has 2 heterocycles. The maximum Gasteiger partial charge on any atom is 0.222 e. The molecule has 1 fully saturated rings. The summed E-state index contributed by atoms with van der Waals surface area (Å²) in [5.74, 6) is 1.11. The SMILES string of the molecule is CCNC(=NCc1cccc(CN2CCCC2=O)c1)N(C)Cc1cnn(-c2ccccc2)c1.I. The second-order valence-corrected chi connectivity index (χ2v) is 8.39. The molecule has 0 unspecified atom stereocenters. The Labute approximate surface area is 218 Å². The van der Waals surface area contributed by atoms with Crippen LogP contribution in [0.15, 0.2) is 72.0 Å². The van der Waals surface area contributed by atoms with Gasteiger partial charge in [0.05, 0.1) is 18.4 Å². The first-order chi connectivity index (χ1) is 16.1. The minimum atomic E-state index is 0. The largest absolute Gasteiger partial charge is 0.357 e. The number of rotatable bonds is 8. The number of likely N-dealkylation sites (tertiary alicyclic amines) is 1. The summed E-state index contributed by atoms with van der Waals surface area (Å²) in [5, 5.41) is 7.88. The lowest BCUT2D eigenvalue weighted by atomic mass is 10.1. The molecule has 0 saturated carbocycles. The number of halogens is 1. The lowest BCUT2D eigenvalue weighted by Gasteiger charge is -2.21. The van der Waals surface area contributed by atoms with Gasteiger partial charge in [-0.3, -0.25) is 4.79 Å². The molecule has 1 amide bonds. The molecule has 0 spiro atoms. The lowest BCUT2D eigenvalue weighted by molar-refractivity contribution is -0.128. The molecule has 1 aliphatic heterocycles. The second-order valence-electron chi connectivity index (χ2n) is 8.39. The number of guanidine groups is 1. The van der Waals surface area contributed by atoms with Crippen molar-refractivity contribution in [2.75, 3.05) is 20.1 Å². The molecule has 0 aliphatic carbocycles. The normalized spacial score (nSPS) is 13.6. The standard InChI is InChI=1S/C26H32N6O.HI/c1-3-27-26(30(2)18-23-17-29-32(20-23)24-11-5-4-6-12-24)28-16-21-9-7-10-22(15-21)19-31-14-8-13-25(31)33;/h4-7,9-12,15,17,20H,3,8,13-14,16,18-19H2,1-2H3,(H,27,28);1H. The van der Waals surface area contributed by atoms with Crippen LogP contribution in [-0.2, 0) is 24.4 Å². The Hall–Kier alpha value is -2.88. The number of para-hydroxylation sites is 1. The Morgan fingerprint density at radius 2 is 1.91 bits per heavy atom. The van der Waals surface area contributed by atoms with Crippen LogP contribution < -0.4 is 5.32 Å². The van der Waals surface area contributed by atoms with Gasteiger partial charge >= 0.3 is 0 Å². The summed E-state index contributed by atoms with van der Waals surface area (Å²) < 4.78 is 1.89. The molecule has 1 N–H and O–H groups in total. The van der Waals surface area contributed by atoms with Crippen LogP contribution in [0.25, 0.3) is 5.69 Å². The number of carbonyl (C=O) groups is 1. The monoisotopic (exact) mass is 572 g/mol. The summed E-state index contributed by atoms with van der Waals surface area (Å²) in [7, 11) is 2.04. The van der Waals surface area contributed by atoms with Crippen molar-refractivity contribution in [3.05, 3.63) is 83.7 Å². The summed E-state index contributed by atoms with van der Waals surface area (Å²) in [6, 6.07) is 18.5. The van der Waals surface area contributed by atoms with Gasteiger partial charge in [0.1, 0.15) is 0 Å². The van der Waals surface area contributed by atoms with E-state index < -0.39 is 0 Å². The highest BCUT2D eigenvalue weighted by molar-refractivity contribution is 14.0. The van der Waals surface area contributed by atoms with E-state index in [1.807, 2.05) is 53.2 Å². The van der Waals surface area contributed by atoms with Gasteiger partial charge in [-0.1, -0.05) is 42.5 Å². The fraction of sp³-hybridized carbons (Fsp3) is 0.346. The van der Waals surface area contributed by atoms with Crippen LogP contribution in [0, 0.1) is 0 Å². The molecular formula is C26H33IN6O. The zero-order chi connectivity index (χ0) is 23.0. The van der Waals surface area contributed by atoms with E-state index in [1.165, 1.54) is 0 Å². The third-order valence-electron chi connectivity index (χ3n) is 5.72. The van der Waals surface area contributed by atoms with Crippen molar-refractivity contribution in [3.63, 3.8) is 0 Å². The maximum atomic E-state index is 11.9. The molecule has 0 radical (unpaired) electrons. The summed E-state index contributed by atoms with van der Waals surface area (Å²) in [6.07, 6.45) is 5.59. The number of hydrogen-bond acceptors (Lipinski definition) is 3. The van der Waals surface area contributed by atoms with E-state index in [2.05, 4.69) is 52.7 Å². The highest BCUT2D eigenvalue weighted by atomic mass is 127. The molecule has 180 valence electrons. The lowest BCUT2D eigenvalue weighted by Crippen LogP contribution is -2.38. The van der Waals surface area contributed by atoms with Crippen LogP contribution in [0.3, 0.4) is 0 Å². The first kappa shape index (κ1) is 25.7. The molecule has 4 rings (SSSR count). The van der Waals surface area contributed by atoms with E-state index in [-0.39, 0.29) is 29.9 Å². The fourth-order valence-electron chi connectivity index (χ4n) is 4.07. The second kappa shape index (κ2) is 12.5. The number of nitrogens with zero attached hydrogens (tertiary/aromatic N) is 5. The van der Waals surface area contributed by atoms with Crippen molar-refractivity contribution in [2.24, 2.45) is 4.99 Å². The molecule has 8 heteroatoms. The molecule has 0 bridgehead atoms. The van der Waals surface area contributed by atoms with Crippen LogP contribution in [0.1, 0.15) is 36.5 Å². The van der Waals surface area contributed by atoms with Gasteiger partial charge in [0.2, 0.25) is 5.91 Å². The molecule has 1 aliphatic rings. The van der Waals surface area contributed by atoms with Gasteiger partial charge in [0.15, 0.2) is 5.96 Å². The highest BCUT2D eigenvalue weighted by Gasteiger charge is 2.20. The van der Waals surface area contributed by atoms with Crippen LogP contribution in [-0.4, -0.2) is 51.6 Å². The van der Waals surface area contributed by atoms with Crippen molar-refractivity contribution >= 4 is 35.8 Å². The summed E-state index contributed by atoms with van der Waals surface area (Å²) in [5.41, 5.74) is 4.45. The van der Waals surface area contributed by atoms with Crippen LogP contribution >= 0.6 is 24.0 Å². The smallest absolute Gasteiger partial charge is 0.222 e. The minimum Gasteiger partial charge on any atom is -0.357 e. The van der Waals surface area contributed by atoms with Crippen molar-refractivity contribution in [2.45, 2.75) is 39.4 Å². The van der Waals surface area contributed by atoms with E-state index in [4.69, 9.17) is 4.99 Å². The van der Waals surface area contributed by atoms with E-state index in [9.17, 15) is 4.79 Å². The number of benzene rings is 2. The van der Waals surface area contributed by atoms with Crippen molar-refractivity contribution in [1.29, 1.82) is 0 Å². The number of nitrogens with one attached hydrogen (secondary N) is 1. The average Bonchev–Trinajstić information content (AvgIpc) is 3.46. The Kier molecular flexibility index (Phi) is 9.50. The van der Waals surface area contributed by atoms with E-state index in [1.54, 1.807) is 0 Å². The molecule has 1 aromatic heterocycles. The van der Waals surface area contributed by atoms with Crippen molar-refractivity contribution in [3.8, 4) is 5.69 Å². The zero-order valence-corrected chi connectivity index (χ0v) is 22.2. The Balaban J connectivity index is 0.00000324. The average molecular weight is 572 g/mol. The fourth-order valence-corrected chi connectivity index (χ4v) is 4.07. The molecular weight excluding hydrogens is 539 g/mol. The van der Waals surface area contributed by atoms with E-state index in [0.29, 0.717) is 26.1 Å². The van der Waals surface area contributed by atoms with Crippen LogP contribution in [0.4, 0.5) is 0 Å². The number of aromatic nitrogens is 2. The van der Waals surface area contributed by atoms with Gasteiger partial charge < -0.3 is 15.1 Å². The predicted molar refractivity (Wildman–Crippen MR) is 146 cm³/mol. The maximum absolute atomic E-state index is 11.9. The highest BCUT2D eigenvalue weighted by Crippen LogP contribution is 2.16. The summed E-state index contributed by atoms with van der Waals surface area (Å²) in [4.78, 5) is 20.9. The third-order valence-corrected chi connectivity index (χ3v) is 5.72. The Morgan fingerprint density at radius 3 is 2.65 bits per heavy atom. The zero-order valence-electron chi connectivity index (χ0n) is 19.9. The molecule has 7 nitrogen and oxygen atoms in total. The third kappa shape index (κ3) is 6.82. The number of aliphatic imine (C=N–C) groups is 1. The van der Waals surface area contributed by atoms with Crippen molar-refractivity contribution in [1.82, 2.24) is 24.9 Å². The van der Waals surface area contributed by atoms with Gasteiger partial charge in [-0.2, -0.15) is 5.10 Å². The number of amides is 1. The summed E-state index contributed by atoms with van der Waals surface area (Å²) in [6.45, 7) is 5.70. The molecule has 1 saturated heterocycles. The minimum absolute atomic E-state index is 0. The van der Waals surface area contributed by atoms with Gasteiger partial charge in [-0.25, -0.2) is 9.67 Å². The van der Waals surface area contributed by atoms with E-state index >= 15 is 0 Å². The van der Waals surface area contributed by atoms with Crippen LogP contribution in [0.2, 0.25) is 0 Å². The van der Waals surface area contributed by atoms with Gasteiger partial charge in [0.25, 0.3) is 0 Å². The number of carbonyl (C=O) groups excluding carboxylic acids is 1. The van der Waals surface area contributed by atoms with Gasteiger partial charge in [-0.15, -0.1) is 24.0 Å². The topological polar surface area (TPSA) is 65.8 Å². The first-order valence-corrected chi connectivity index (χ1v) is 11.6. The molecule has 0 atom stereocenters. The quantitative estimate of drug-likeness (QED) is 0.250. The van der Waals surface area contributed by atoms with Gasteiger partial charge in [-0.05, 0) is 36.6 Å².